The first-order valence-electron chi connectivity index (χ1n) is 9.17. The first-order valence-corrected chi connectivity index (χ1v) is 9.17. The quantitative estimate of drug-likeness (QED) is 0.539. The van der Waals surface area contributed by atoms with Gasteiger partial charge in [-0.15, -0.1) is 0 Å². The fraction of sp³-hybridized carbons (Fsp3) is 0.182. The lowest BCUT2D eigenvalue weighted by molar-refractivity contribution is 0.0791. The second-order valence-corrected chi connectivity index (χ2v) is 6.83. The number of hydrogen-bond acceptors (Lipinski definition) is 4. The third-order valence-electron chi connectivity index (χ3n) is 4.75. The molecule has 1 aromatic carbocycles. The van der Waals surface area contributed by atoms with E-state index in [4.69, 9.17) is 0 Å². The topological polar surface area (TPSA) is 63.4 Å². The molecule has 6 heteroatoms. The molecule has 28 heavy (non-hydrogen) atoms. The van der Waals surface area contributed by atoms with Gasteiger partial charge in [0.05, 0.1) is 0 Å². The van der Waals surface area contributed by atoms with E-state index in [1.807, 2.05) is 53.9 Å². The number of aromatic nitrogens is 4. The van der Waals surface area contributed by atoms with Gasteiger partial charge in [-0.1, -0.05) is 29.8 Å². The van der Waals surface area contributed by atoms with Crippen LogP contribution in [0, 0.1) is 6.92 Å². The normalized spacial score (nSPS) is 10.9. The number of rotatable bonds is 5. The van der Waals surface area contributed by atoms with Gasteiger partial charge >= 0.3 is 0 Å². The number of amides is 1. The Labute approximate surface area is 163 Å². The van der Waals surface area contributed by atoms with Crippen molar-refractivity contribution in [3.8, 4) is 11.3 Å². The Balaban J connectivity index is 1.58. The van der Waals surface area contributed by atoms with Crippen molar-refractivity contribution in [1.82, 2.24) is 24.3 Å². The number of benzene rings is 1. The smallest absolute Gasteiger partial charge is 0.273 e. The summed E-state index contributed by atoms with van der Waals surface area (Å²) >= 11 is 0. The molecular formula is C22H21N5O. The maximum atomic E-state index is 12.8. The second-order valence-electron chi connectivity index (χ2n) is 6.83. The van der Waals surface area contributed by atoms with Crippen molar-refractivity contribution in [1.29, 1.82) is 0 Å². The van der Waals surface area contributed by atoms with E-state index in [2.05, 4.69) is 15.0 Å². The molecule has 0 aliphatic heterocycles. The molecule has 0 atom stereocenters. The standard InChI is InChI=1S/C22H21N5O/c1-16-3-5-18(6-4-16)20-21-25-19(15-27(21)14-12-24-20)22(28)26(2)13-9-17-7-10-23-11-8-17/h3-8,10-12,14-15H,9,13H2,1-2H3. The van der Waals surface area contributed by atoms with Gasteiger partial charge < -0.3 is 9.30 Å². The Morgan fingerprint density at radius 3 is 2.57 bits per heavy atom. The summed E-state index contributed by atoms with van der Waals surface area (Å²) in [5, 5.41) is 0. The molecule has 1 amide bonds. The van der Waals surface area contributed by atoms with E-state index in [0.717, 1.165) is 23.2 Å². The number of fused-ring (bicyclic) bond motifs is 1. The molecule has 3 aromatic heterocycles. The van der Waals surface area contributed by atoms with Crippen LogP contribution in [0.1, 0.15) is 21.6 Å². The molecule has 0 saturated heterocycles. The molecule has 0 aliphatic carbocycles. The highest BCUT2D eigenvalue weighted by Crippen LogP contribution is 2.22. The lowest BCUT2D eigenvalue weighted by Crippen LogP contribution is -2.29. The molecular weight excluding hydrogens is 350 g/mol. The van der Waals surface area contributed by atoms with Gasteiger partial charge in [-0.25, -0.2) is 4.98 Å². The fourth-order valence-corrected chi connectivity index (χ4v) is 3.08. The number of likely N-dealkylation sites (N-methyl/N-ethyl adjacent to an activating group) is 1. The number of aryl methyl sites for hydroxylation is 1. The van der Waals surface area contributed by atoms with Crippen LogP contribution < -0.4 is 0 Å². The minimum absolute atomic E-state index is 0.104. The fourth-order valence-electron chi connectivity index (χ4n) is 3.08. The zero-order chi connectivity index (χ0) is 19.5. The molecule has 0 N–H and O–H groups in total. The summed E-state index contributed by atoms with van der Waals surface area (Å²) in [4.78, 5) is 27.6. The first-order chi connectivity index (χ1) is 13.6. The van der Waals surface area contributed by atoms with Crippen LogP contribution in [0.2, 0.25) is 0 Å². The summed E-state index contributed by atoms with van der Waals surface area (Å²) in [5.74, 6) is -0.104. The summed E-state index contributed by atoms with van der Waals surface area (Å²) in [6.45, 7) is 2.66. The predicted octanol–water partition coefficient (Wildman–Crippen LogP) is 3.41. The van der Waals surface area contributed by atoms with Gasteiger partial charge in [0.2, 0.25) is 0 Å². The van der Waals surface area contributed by atoms with Crippen LogP contribution in [0.4, 0.5) is 0 Å². The average molecular weight is 371 g/mol. The molecule has 140 valence electrons. The molecule has 0 saturated carbocycles. The minimum Gasteiger partial charge on any atom is -0.340 e. The third kappa shape index (κ3) is 3.62. The molecule has 0 spiro atoms. The maximum absolute atomic E-state index is 12.8. The number of carbonyl (C=O) groups is 1. The largest absolute Gasteiger partial charge is 0.340 e. The van der Waals surface area contributed by atoms with E-state index in [9.17, 15) is 4.79 Å². The van der Waals surface area contributed by atoms with Gasteiger partial charge in [0, 0.05) is 50.1 Å². The van der Waals surface area contributed by atoms with Crippen LogP contribution in [0.15, 0.2) is 67.4 Å². The van der Waals surface area contributed by atoms with Crippen LogP contribution >= 0.6 is 0 Å². The van der Waals surface area contributed by atoms with Crippen LogP contribution in [-0.4, -0.2) is 43.8 Å². The zero-order valence-corrected chi connectivity index (χ0v) is 15.9. The van der Waals surface area contributed by atoms with E-state index in [1.165, 1.54) is 5.56 Å². The van der Waals surface area contributed by atoms with Crippen molar-refractivity contribution >= 4 is 11.6 Å². The minimum atomic E-state index is -0.104. The van der Waals surface area contributed by atoms with Gasteiger partial charge in [-0.3, -0.25) is 14.8 Å². The highest BCUT2D eigenvalue weighted by Gasteiger charge is 2.17. The maximum Gasteiger partial charge on any atom is 0.273 e. The van der Waals surface area contributed by atoms with Gasteiger partial charge in [0.25, 0.3) is 5.91 Å². The van der Waals surface area contributed by atoms with Crippen LogP contribution in [0.3, 0.4) is 0 Å². The van der Waals surface area contributed by atoms with Gasteiger partial charge in [0.1, 0.15) is 11.4 Å². The Morgan fingerprint density at radius 2 is 1.82 bits per heavy atom. The van der Waals surface area contributed by atoms with Gasteiger partial charge in [0.15, 0.2) is 5.65 Å². The Kier molecular flexibility index (Phi) is 4.85. The zero-order valence-electron chi connectivity index (χ0n) is 15.9. The molecule has 0 fully saturated rings. The molecule has 0 aliphatic rings. The summed E-state index contributed by atoms with van der Waals surface area (Å²) in [6, 6.07) is 12.1. The number of carbonyl (C=O) groups excluding carboxylic acids is 1. The number of nitrogens with zero attached hydrogens (tertiary/aromatic N) is 5. The van der Waals surface area contributed by atoms with Gasteiger partial charge in [-0.2, -0.15) is 0 Å². The monoisotopic (exact) mass is 371 g/mol. The van der Waals surface area contributed by atoms with Crippen LogP contribution in [0.25, 0.3) is 16.9 Å². The van der Waals surface area contributed by atoms with Crippen LogP contribution in [0.5, 0.6) is 0 Å². The molecule has 0 unspecified atom stereocenters. The Morgan fingerprint density at radius 1 is 1.07 bits per heavy atom. The highest BCUT2D eigenvalue weighted by molar-refractivity contribution is 5.93. The van der Waals surface area contributed by atoms with E-state index < -0.39 is 0 Å². The molecule has 4 rings (SSSR count). The van der Waals surface area contributed by atoms with Gasteiger partial charge in [-0.05, 0) is 31.0 Å². The molecule has 4 aromatic rings. The predicted molar refractivity (Wildman–Crippen MR) is 108 cm³/mol. The first kappa shape index (κ1) is 17.9. The number of pyridine rings is 1. The summed E-state index contributed by atoms with van der Waals surface area (Å²) < 4.78 is 1.85. The number of hydrogen-bond donors (Lipinski definition) is 0. The molecule has 0 radical (unpaired) electrons. The molecule has 0 bridgehead atoms. The SMILES string of the molecule is Cc1ccc(-c2nccn3cc(C(=O)N(C)CCc4ccncc4)nc23)cc1. The van der Waals surface area contributed by atoms with Crippen molar-refractivity contribution < 1.29 is 4.79 Å². The van der Waals surface area contributed by atoms with Crippen molar-refractivity contribution in [3.63, 3.8) is 0 Å². The summed E-state index contributed by atoms with van der Waals surface area (Å²) in [6.07, 6.45) is 9.60. The van der Waals surface area contributed by atoms with Crippen molar-refractivity contribution in [2.75, 3.05) is 13.6 Å². The lowest BCUT2D eigenvalue weighted by Gasteiger charge is -2.15. The molecule has 6 nitrogen and oxygen atoms in total. The summed E-state index contributed by atoms with van der Waals surface area (Å²) in [5.41, 5.74) is 5.17. The van der Waals surface area contributed by atoms with Crippen molar-refractivity contribution in [2.45, 2.75) is 13.3 Å². The second kappa shape index (κ2) is 7.60. The van der Waals surface area contributed by atoms with E-state index in [1.54, 1.807) is 36.7 Å². The number of imidazole rings is 1. The van der Waals surface area contributed by atoms with Crippen LogP contribution in [-0.2, 0) is 6.42 Å². The highest BCUT2D eigenvalue weighted by atomic mass is 16.2. The van der Waals surface area contributed by atoms with E-state index >= 15 is 0 Å². The average Bonchev–Trinajstić information content (AvgIpc) is 3.17. The Hall–Kier alpha value is -3.54. The van der Waals surface area contributed by atoms with Crippen molar-refractivity contribution in [3.05, 3.63) is 84.2 Å². The van der Waals surface area contributed by atoms with Crippen molar-refractivity contribution in [2.24, 2.45) is 0 Å². The third-order valence-corrected chi connectivity index (χ3v) is 4.75. The Bertz CT molecular complexity index is 1100. The van der Waals surface area contributed by atoms with E-state index in [0.29, 0.717) is 17.9 Å². The molecule has 3 heterocycles. The lowest BCUT2D eigenvalue weighted by atomic mass is 10.1. The van der Waals surface area contributed by atoms with E-state index in [-0.39, 0.29) is 5.91 Å². The summed E-state index contributed by atoms with van der Waals surface area (Å²) in [7, 11) is 1.80.